The summed E-state index contributed by atoms with van der Waals surface area (Å²) in [6.07, 6.45) is 1.07. The van der Waals surface area contributed by atoms with Gasteiger partial charge in [0.2, 0.25) is 11.8 Å². The molecule has 5 nitrogen and oxygen atoms in total. The molecule has 0 bridgehead atoms. The van der Waals surface area contributed by atoms with Gasteiger partial charge in [-0.15, -0.1) is 0 Å². The molecule has 0 aromatic heterocycles. The Kier molecular flexibility index (Phi) is 2.61. The van der Waals surface area contributed by atoms with Gasteiger partial charge in [-0.25, -0.2) is 0 Å². The first kappa shape index (κ1) is 11.9. The van der Waals surface area contributed by atoms with Crippen molar-refractivity contribution in [1.82, 2.24) is 9.80 Å². The van der Waals surface area contributed by atoms with Gasteiger partial charge in [0, 0.05) is 13.6 Å². The van der Waals surface area contributed by atoms with Crippen molar-refractivity contribution in [1.29, 1.82) is 5.26 Å². The number of fused-ring (bicyclic) bond motifs is 1. The summed E-state index contributed by atoms with van der Waals surface area (Å²) in [6.45, 7) is 4.09. The Bertz CT molecular complexity index is 414. The Labute approximate surface area is 101 Å². The molecular formula is C12H17N3O2. The van der Waals surface area contributed by atoms with Crippen molar-refractivity contribution in [2.45, 2.75) is 38.8 Å². The maximum Gasteiger partial charge on any atom is 0.246 e. The predicted octanol–water partition coefficient (Wildman–Crippen LogP) is 0.368. The average Bonchev–Trinajstić information content (AvgIpc) is 2.67. The summed E-state index contributed by atoms with van der Waals surface area (Å²) in [7, 11) is 1.67. The van der Waals surface area contributed by atoms with E-state index in [9.17, 15) is 9.59 Å². The molecule has 3 unspecified atom stereocenters. The zero-order valence-electron chi connectivity index (χ0n) is 10.4. The van der Waals surface area contributed by atoms with E-state index in [1.165, 1.54) is 4.90 Å². The molecule has 92 valence electrons. The fourth-order valence-electron chi connectivity index (χ4n) is 2.81. The molecule has 2 fully saturated rings. The van der Waals surface area contributed by atoms with Gasteiger partial charge in [0.25, 0.3) is 0 Å². The summed E-state index contributed by atoms with van der Waals surface area (Å²) < 4.78 is 0. The summed E-state index contributed by atoms with van der Waals surface area (Å²) in [5, 5.41) is 9.12. The number of hydrogen-bond donors (Lipinski definition) is 0. The van der Waals surface area contributed by atoms with Crippen LogP contribution in [0.3, 0.4) is 0 Å². The molecule has 5 heteroatoms. The molecule has 2 saturated heterocycles. The fraction of sp³-hybridized carbons (Fsp3) is 0.750. The van der Waals surface area contributed by atoms with Gasteiger partial charge in [0.1, 0.15) is 12.1 Å². The lowest BCUT2D eigenvalue weighted by molar-refractivity contribution is -0.157. The van der Waals surface area contributed by atoms with Gasteiger partial charge in [-0.05, 0) is 19.8 Å². The van der Waals surface area contributed by atoms with E-state index in [1.807, 2.05) is 13.8 Å². The molecule has 0 N–H and O–H groups in total. The number of carbonyl (C=O) groups excluding carboxylic acids is 2. The number of nitrogens with zero attached hydrogens (tertiary/aromatic N) is 3. The third-order valence-electron chi connectivity index (χ3n) is 3.86. The topological polar surface area (TPSA) is 64.4 Å². The lowest BCUT2D eigenvalue weighted by atomic mass is 9.89. The Morgan fingerprint density at radius 2 is 2.12 bits per heavy atom. The third kappa shape index (κ3) is 1.59. The summed E-state index contributed by atoms with van der Waals surface area (Å²) in [5.41, 5.74) is -0.584. The highest BCUT2D eigenvalue weighted by Gasteiger charge is 2.52. The first-order valence-corrected chi connectivity index (χ1v) is 5.92. The maximum atomic E-state index is 12.2. The highest BCUT2D eigenvalue weighted by atomic mass is 16.2. The van der Waals surface area contributed by atoms with Gasteiger partial charge >= 0.3 is 0 Å². The molecule has 2 rings (SSSR count). The number of likely N-dealkylation sites (N-methyl/N-ethyl adjacent to an activating group) is 1. The van der Waals surface area contributed by atoms with Crippen LogP contribution in [0.25, 0.3) is 0 Å². The van der Waals surface area contributed by atoms with Gasteiger partial charge in [0.05, 0.1) is 11.5 Å². The summed E-state index contributed by atoms with van der Waals surface area (Å²) in [5.74, 6) is -0.0472. The van der Waals surface area contributed by atoms with E-state index in [0.29, 0.717) is 19.4 Å². The second-order valence-corrected chi connectivity index (χ2v) is 5.23. The Balaban J connectivity index is 2.33. The largest absolute Gasteiger partial charge is 0.332 e. The highest BCUT2D eigenvalue weighted by molar-refractivity contribution is 5.97. The number of piperazine rings is 1. The molecule has 0 spiro atoms. The quantitative estimate of drug-likeness (QED) is 0.659. The van der Waals surface area contributed by atoms with Crippen LogP contribution in [0.15, 0.2) is 0 Å². The summed E-state index contributed by atoms with van der Waals surface area (Å²) >= 11 is 0. The fourth-order valence-corrected chi connectivity index (χ4v) is 2.81. The van der Waals surface area contributed by atoms with E-state index in [4.69, 9.17) is 5.26 Å². The lowest BCUT2D eigenvalue weighted by Crippen LogP contribution is -2.61. The van der Waals surface area contributed by atoms with Crippen molar-refractivity contribution in [2.24, 2.45) is 5.41 Å². The molecular weight excluding hydrogens is 218 g/mol. The van der Waals surface area contributed by atoms with Crippen molar-refractivity contribution in [2.75, 3.05) is 13.6 Å². The molecule has 0 saturated carbocycles. The number of amides is 2. The molecule has 2 heterocycles. The molecule has 0 aliphatic carbocycles. The van der Waals surface area contributed by atoms with Gasteiger partial charge in [-0.1, -0.05) is 6.92 Å². The molecule has 3 atom stereocenters. The van der Waals surface area contributed by atoms with E-state index in [0.717, 1.165) is 0 Å². The number of nitriles is 1. The standard InChI is InChI=1S/C12H17N3O2/c1-4-8-11(17)15-7-12(2,6-13)5-9(15)10(16)14(8)3/h8-9H,4-5,7H2,1-3H3. The van der Waals surface area contributed by atoms with Crippen LogP contribution in [0.2, 0.25) is 0 Å². The molecule has 2 aliphatic heterocycles. The SMILES string of the molecule is CCC1C(=O)N2CC(C)(C#N)CC2C(=O)N1C. The Morgan fingerprint density at radius 3 is 2.65 bits per heavy atom. The Morgan fingerprint density at radius 1 is 1.47 bits per heavy atom. The maximum absolute atomic E-state index is 12.2. The van der Waals surface area contributed by atoms with Gasteiger partial charge in [-0.2, -0.15) is 5.26 Å². The minimum Gasteiger partial charge on any atom is -0.332 e. The first-order chi connectivity index (χ1) is 7.93. The van der Waals surface area contributed by atoms with E-state index >= 15 is 0 Å². The second kappa shape index (κ2) is 3.73. The predicted molar refractivity (Wildman–Crippen MR) is 60.7 cm³/mol. The number of rotatable bonds is 1. The van der Waals surface area contributed by atoms with Gasteiger partial charge < -0.3 is 9.80 Å². The van der Waals surface area contributed by atoms with Crippen LogP contribution in [0, 0.1) is 16.7 Å². The minimum absolute atomic E-state index is 0.0152. The van der Waals surface area contributed by atoms with Crippen molar-refractivity contribution in [3.63, 3.8) is 0 Å². The zero-order chi connectivity index (χ0) is 12.8. The normalized spacial score (nSPS) is 37.1. The summed E-state index contributed by atoms with van der Waals surface area (Å²) in [6, 6.07) is 1.43. The van der Waals surface area contributed by atoms with Gasteiger partial charge in [0.15, 0.2) is 0 Å². The van der Waals surface area contributed by atoms with Crippen molar-refractivity contribution in [3.05, 3.63) is 0 Å². The molecule has 2 amide bonds. The molecule has 0 aromatic carbocycles. The van der Waals surface area contributed by atoms with Crippen LogP contribution in [0.4, 0.5) is 0 Å². The van der Waals surface area contributed by atoms with Crippen molar-refractivity contribution in [3.8, 4) is 6.07 Å². The average molecular weight is 235 g/mol. The van der Waals surface area contributed by atoms with Crippen LogP contribution in [-0.2, 0) is 9.59 Å². The van der Waals surface area contributed by atoms with Crippen LogP contribution in [0.5, 0.6) is 0 Å². The number of hydrogen-bond acceptors (Lipinski definition) is 3. The van der Waals surface area contributed by atoms with Crippen molar-refractivity contribution >= 4 is 11.8 Å². The van der Waals surface area contributed by atoms with Gasteiger partial charge in [-0.3, -0.25) is 9.59 Å². The van der Waals surface area contributed by atoms with E-state index in [-0.39, 0.29) is 17.9 Å². The molecule has 0 radical (unpaired) electrons. The van der Waals surface area contributed by atoms with Crippen LogP contribution in [-0.4, -0.2) is 47.3 Å². The lowest BCUT2D eigenvalue weighted by Gasteiger charge is -2.39. The van der Waals surface area contributed by atoms with E-state index < -0.39 is 11.5 Å². The van der Waals surface area contributed by atoms with Crippen LogP contribution < -0.4 is 0 Å². The second-order valence-electron chi connectivity index (χ2n) is 5.23. The Hall–Kier alpha value is -1.57. The minimum atomic E-state index is -0.584. The third-order valence-corrected chi connectivity index (χ3v) is 3.86. The molecule has 0 aromatic rings. The molecule has 2 aliphatic rings. The molecule has 17 heavy (non-hydrogen) atoms. The van der Waals surface area contributed by atoms with Crippen molar-refractivity contribution < 1.29 is 9.59 Å². The first-order valence-electron chi connectivity index (χ1n) is 5.92. The van der Waals surface area contributed by atoms with E-state index in [2.05, 4.69) is 6.07 Å². The summed E-state index contributed by atoms with van der Waals surface area (Å²) in [4.78, 5) is 27.5. The monoisotopic (exact) mass is 235 g/mol. The smallest absolute Gasteiger partial charge is 0.246 e. The van der Waals surface area contributed by atoms with Crippen LogP contribution >= 0.6 is 0 Å². The number of carbonyl (C=O) groups is 2. The highest BCUT2D eigenvalue weighted by Crippen LogP contribution is 2.37. The van der Waals surface area contributed by atoms with Crippen LogP contribution in [0.1, 0.15) is 26.7 Å². The van der Waals surface area contributed by atoms with E-state index in [1.54, 1.807) is 11.9 Å². The zero-order valence-corrected chi connectivity index (χ0v) is 10.4.